The van der Waals surface area contributed by atoms with Crippen molar-refractivity contribution in [3.8, 4) is 33.4 Å². The number of nitrogens with zero attached hydrogens (tertiary/aromatic N) is 1. The Hall–Kier alpha value is -5.40. The predicted octanol–water partition coefficient (Wildman–Crippen LogP) is 11.9. The van der Waals surface area contributed by atoms with Gasteiger partial charge in [-0.2, -0.15) is 0 Å². The van der Waals surface area contributed by atoms with Crippen molar-refractivity contribution in [3.05, 3.63) is 175 Å². The highest BCUT2D eigenvalue weighted by Crippen LogP contribution is 2.51. The quantitative estimate of drug-likeness (QED) is 0.200. The van der Waals surface area contributed by atoms with Crippen LogP contribution in [0.2, 0.25) is 0 Å². The number of benzene rings is 7. The number of hydrogen-bond donors (Lipinski definition) is 0. The Labute approximate surface area is 265 Å². The maximum absolute atomic E-state index is 9.81. The van der Waals surface area contributed by atoms with Gasteiger partial charge in [0.2, 0.25) is 0 Å². The Bertz CT molecular complexity index is 2370. The number of anilines is 3. The maximum Gasteiger partial charge on any atom is 0.0651 e. The van der Waals surface area contributed by atoms with Crippen molar-refractivity contribution in [2.45, 2.75) is 19.3 Å². The van der Waals surface area contributed by atoms with Gasteiger partial charge in [-0.25, -0.2) is 0 Å². The molecule has 1 aliphatic carbocycles. The van der Waals surface area contributed by atoms with E-state index in [1.807, 2.05) is 83.8 Å². The molecule has 0 radical (unpaired) electrons. The summed E-state index contributed by atoms with van der Waals surface area (Å²) in [5, 5.41) is 1.89. The summed E-state index contributed by atoms with van der Waals surface area (Å²) in [5.74, 6) is 0. The van der Waals surface area contributed by atoms with Crippen LogP contribution in [0.5, 0.6) is 0 Å². The van der Waals surface area contributed by atoms with Crippen LogP contribution in [0.15, 0.2) is 164 Å². The van der Waals surface area contributed by atoms with E-state index in [2.05, 4.69) is 74.5 Å². The lowest BCUT2D eigenvalue weighted by molar-refractivity contribution is 0.660. The van der Waals surface area contributed by atoms with E-state index in [1.165, 1.54) is 22.3 Å². The predicted molar refractivity (Wildman–Crippen MR) is 187 cm³/mol. The minimum Gasteiger partial charge on any atom is -0.310 e. The lowest BCUT2D eigenvalue weighted by Gasteiger charge is -2.30. The van der Waals surface area contributed by atoms with Crippen LogP contribution >= 0.6 is 0 Å². The molecule has 1 heteroatoms. The molecule has 0 saturated heterocycles. The van der Waals surface area contributed by atoms with Crippen molar-refractivity contribution in [2.75, 3.05) is 4.90 Å². The van der Waals surface area contributed by atoms with Gasteiger partial charge in [0, 0.05) is 22.4 Å². The summed E-state index contributed by atoms with van der Waals surface area (Å²) in [4.78, 5) is 1.97. The third-order valence-electron chi connectivity index (χ3n) is 8.95. The van der Waals surface area contributed by atoms with Crippen LogP contribution < -0.4 is 4.90 Å². The van der Waals surface area contributed by atoms with E-state index in [4.69, 9.17) is 2.74 Å². The van der Waals surface area contributed by atoms with Crippen molar-refractivity contribution < 1.29 is 5.48 Å². The zero-order chi connectivity index (χ0) is 33.2. The van der Waals surface area contributed by atoms with Gasteiger partial charge >= 0.3 is 0 Å². The molecule has 0 amide bonds. The minimum atomic E-state index is -0.264. The highest BCUT2D eigenvalue weighted by Gasteiger charge is 2.35. The van der Waals surface area contributed by atoms with Crippen molar-refractivity contribution in [3.63, 3.8) is 0 Å². The van der Waals surface area contributed by atoms with E-state index in [-0.39, 0.29) is 35.3 Å². The second-order valence-electron chi connectivity index (χ2n) is 11.9. The zero-order valence-corrected chi connectivity index (χ0v) is 24.7. The molecule has 7 aromatic carbocycles. The summed E-state index contributed by atoms with van der Waals surface area (Å²) in [6, 6.07) is 46.4. The Morgan fingerprint density at radius 2 is 1.20 bits per heavy atom. The lowest BCUT2D eigenvalue weighted by atomic mass is 9.82. The highest BCUT2D eigenvalue weighted by atomic mass is 15.1. The molecule has 0 atom stereocenters. The van der Waals surface area contributed by atoms with Gasteiger partial charge in [0.05, 0.1) is 11.2 Å². The zero-order valence-electron chi connectivity index (χ0n) is 28.7. The molecule has 1 aliphatic rings. The molecule has 7 aromatic rings. The van der Waals surface area contributed by atoms with Gasteiger partial charge in [-0.1, -0.05) is 147 Å². The summed E-state index contributed by atoms with van der Waals surface area (Å²) in [6.07, 6.45) is 0. The Morgan fingerprint density at radius 3 is 2.09 bits per heavy atom. The van der Waals surface area contributed by atoms with Crippen molar-refractivity contribution in [1.82, 2.24) is 0 Å². The van der Waals surface area contributed by atoms with Crippen LogP contribution in [-0.4, -0.2) is 0 Å². The topological polar surface area (TPSA) is 3.24 Å². The molecule has 0 N–H and O–H groups in total. The van der Waals surface area contributed by atoms with Gasteiger partial charge in [0.15, 0.2) is 0 Å². The molecule has 0 aliphatic heterocycles. The second kappa shape index (κ2) is 10.4. The van der Waals surface area contributed by atoms with E-state index in [1.54, 1.807) is 0 Å². The molecular weight excluding hydrogens is 530 g/mol. The van der Waals surface area contributed by atoms with E-state index >= 15 is 0 Å². The summed E-state index contributed by atoms with van der Waals surface area (Å²) < 4.78 is 37.4. The monoisotopic (exact) mass is 567 g/mol. The molecule has 44 heavy (non-hydrogen) atoms. The van der Waals surface area contributed by atoms with E-state index in [0.717, 1.165) is 33.3 Å². The lowest BCUT2D eigenvalue weighted by Crippen LogP contribution is -2.17. The summed E-state index contributed by atoms with van der Waals surface area (Å²) in [5.41, 5.74) is 9.41. The molecule has 8 rings (SSSR count). The molecule has 0 heterocycles. The van der Waals surface area contributed by atoms with Gasteiger partial charge in [-0.15, -0.1) is 0 Å². The minimum absolute atomic E-state index is 0.0447. The molecule has 0 unspecified atom stereocenters. The molecular formula is C43H33N. The van der Waals surface area contributed by atoms with Gasteiger partial charge in [-0.3, -0.25) is 0 Å². The number of fused-ring (bicyclic) bond motifs is 4. The van der Waals surface area contributed by atoms with E-state index < -0.39 is 0 Å². The summed E-state index contributed by atoms with van der Waals surface area (Å²) in [7, 11) is 0. The number of para-hydroxylation sites is 1. The standard InChI is InChI=1S/C43H33N/c1-43(2)40-24-10-8-22-38(40)39-27-26-34(29-41(39)43)44(42-25-11-9-21-37(42)31-14-4-3-5-15-31)33-19-12-18-32(28-33)36-23-13-17-30-16-6-7-20-35(30)36/h3-29H,1-2H3/i12D,18D,19D,28D. The average Bonchev–Trinajstić information content (AvgIpc) is 3.35. The maximum atomic E-state index is 9.81. The first-order valence-corrected chi connectivity index (χ1v) is 15.0. The number of hydrogen-bond acceptors (Lipinski definition) is 1. The van der Waals surface area contributed by atoms with Crippen LogP contribution in [-0.2, 0) is 5.41 Å². The Morgan fingerprint density at radius 1 is 0.523 bits per heavy atom. The fourth-order valence-electron chi connectivity index (χ4n) is 6.77. The second-order valence-corrected chi connectivity index (χ2v) is 11.9. The first kappa shape index (κ1) is 22.2. The van der Waals surface area contributed by atoms with E-state index in [0.29, 0.717) is 11.1 Å². The SMILES string of the molecule is [2H]c1c([2H])c(-c2cccc3ccccc23)c([2H])c(N(c2ccc3c(c2)C(C)(C)c2ccccc2-3)c2ccccc2-c2ccccc2)c1[2H]. The van der Waals surface area contributed by atoms with Crippen molar-refractivity contribution in [2.24, 2.45) is 0 Å². The Balaban J connectivity index is 1.45. The molecule has 0 spiro atoms. The fourth-order valence-corrected chi connectivity index (χ4v) is 6.77. The van der Waals surface area contributed by atoms with Crippen LogP contribution in [0, 0.1) is 0 Å². The van der Waals surface area contributed by atoms with Crippen LogP contribution in [0.25, 0.3) is 44.2 Å². The summed E-state index contributed by atoms with van der Waals surface area (Å²) in [6.45, 7) is 4.48. The first-order valence-electron chi connectivity index (χ1n) is 17.0. The molecule has 0 aromatic heterocycles. The molecule has 0 fully saturated rings. The van der Waals surface area contributed by atoms with Gasteiger partial charge in [-0.05, 0) is 80.0 Å². The first-order chi connectivity index (χ1) is 23.3. The number of rotatable bonds is 5. The highest BCUT2D eigenvalue weighted by molar-refractivity contribution is 5.98. The van der Waals surface area contributed by atoms with Gasteiger partial charge in [0.25, 0.3) is 0 Å². The molecule has 210 valence electrons. The van der Waals surface area contributed by atoms with Crippen LogP contribution in [0.1, 0.15) is 30.5 Å². The molecule has 0 bridgehead atoms. The summed E-state index contributed by atoms with van der Waals surface area (Å²) >= 11 is 0. The van der Waals surface area contributed by atoms with Crippen LogP contribution in [0.3, 0.4) is 0 Å². The van der Waals surface area contributed by atoms with Crippen molar-refractivity contribution in [1.29, 1.82) is 0 Å². The molecule has 1 nitrogen and oxygen atoms in total. The molecule has 0 saturated carbocycles. The van der Waals surface area contributed by atoms with E-state index in [9.17, 15) is 2.74 Å². The Kier molecular flexibility index (Phi) is 5.24. The largest absolute Gasteiger partial charge is 0.310 e. The van der Waals surface area contributed by atoms with Crippen molar-refractivity contribution >= 4 is 27.8 Å². The smallest absolute Gasteiger partial charge is 0.0651 e. The third-order valence-corrected chi connectivity index (χ3v) is 8.95. The average molecular weight is 568 g/mol. The fraction of sp³-hybridized carbons (Fsp3) is 0.0698. The third kappa shape index (κ3) is 4.24. The van der Waals surface area contributed by atoms with Gasteiger partial charge < -0.3 is 4.90 Å². The van der Waals surface area contributed by atoms with Gasteiger partial charge in [0.1, 0.15) is 0 Å². The van der Waals surface area contributed by atoms with Crippen LogP contribution in [0.4, 0.5) is 17.1 Å². The normalized spacial score (nSPS) is 14.2.